The molecule has 2 atom stereocenters. The Hall–Kier alpha value is -1.08. The van der Waals surface area contributed by atoms with Gasteiger partial charge in [-0.25, -0.2) is 13.1 Å². The van der Waals surface area contributed by atoms with Gasteiger partial charge in [-0.1, -0.05) is 13.8 Å². The van der Waals surface area contributed by atoms with Gasteiger partial charge in [-0.15, -0.1) is 0 Å². The van der Waals surface area contributed by atoms with E-state index in [0.717, 1.165) is 19.3 Å². The molecule has 1 heterocycles. The van der Waals surface area contributed by atoms with Crippen LogP contribution in [0, 0.1) is 11.8 Å². The fourth-order valence-electron chi connectivity index (χ4n) is 3.02. The molecule has 19 heavy (non-hydrogen) atoms. The molecule has 0 amide bonds. The Kier molecular flexibility index (Phi) is 3.87. The van der Waals surface area contributed by atoms with Crippen LogP contribution in [0.5, 0.6) is 0 Å². The summed E-state index contributed by atoms with van der Waals surface area (Å²) in [5, 5.41) is 3.88. The van der Waals surface area contributed by atoms with Gasteiger partial charge in [0.1, 0.15) is 4.90 Å². The molecule has 3 N–H and O–H groups in total. The maximum Gasteiger partial charge on any atom is 0.246 e. The highest BCUT2D eigenvalue weighted by Crippen LogP contribution is 2.29. The molecule has 0 saturated heterocycles. The minimum absolute atomic E-state index is 0.0108. The first-order valence-corrected chi connectivity index (χ1v) is 8.07. The molecule has 2 rings (SSSR count). The van der Waals surface area contributed by atoms with Crippen molar-refractivity contribution >= 4 is 15.8 Å². The molecule has 0 bridgehead atoms. The average Bonchev–Trinajstić information content (AvgIpc) is 2.56. The highest BCUT2D eigenvalue weighted by atomic mass is 32.2. The fourth-order valence-corrected chi connectivity index (χ4v) is 4.38. The van der Waals surface area contributed by atoms with E-state index in [1.54, 1.807) is 7.05 Å². The van der Waals surface area contributed by atoms with Crippen LogP contribution in [0.15, 0.2) is 11.1 Å². The summed E-state index contributed by atoms with van der Waals surface area (Å²) in [6.07, 6.45) is 4.36. The lowest BCUT2D eigenvalue weighted by molar-refractivity contribution is 0.258. The second-order valence-corrected chi connectivity index (χ2v) is 7.47. The fraction of sp³-hybridized carbons (Fsp3) is 0.750. The van der Waals surface area contributed by atoms with Gasteiger partial charge in [0.05, 0.1) is 0 Å². The molecule has 1 fully saturated rings. The summed E-state index contributed by atoms with van der Waals surface area (Å²) in [6, 6.07) is -0.0108. The predicted molar refractivity (Wildman–Crippen MR) is 73.9 cm³/mol. The zero-order chi connectivity index (χ0) is 14.2. The van der Waals surface area contributed by atoms with Gasteiger partial charge in [0.15, 0.2) is 5.82 Å². The SMILES string of the molecule is CC1CC(C)CC(NS(=O)(=O)c2cn(C)nc2N)C1. The molecule has 0 aliphatic heterocycles. The van der Waals surface area contributed by atoms with Crippen molar-refractivity contribution in [3.8, 4) is 0 Å². The van der Waals surface area contributed by atoms with E-state index in [4.69, 9.17) is 5.73 Å². The van der Waals surface area contributed by atoms with Gasteiger partial charge in [0, 0.05) is 19.3 Å². The molecule has 2 unspecified atom stereocenters. The average molecular weight is 286 g/mol. The zero-order valence-electron chi connectivity index (χ0n) is 11.6. The molecule has 1 aliphatic carbocycles. The summed E-state index contributed by atoms with van der Waals surface area (Å²) in [5.74, 6) is 1.14. The van der Waals surface area contributed by atoms with Crippen LogP contribution >= 0.6 is 0 Å². The normalized spacial score (nSPS) is 28.5. The van der Waals surface area contributed by atoms with Crippen LogP contribution in [0.25, 0.3) is 0 Å². The minimum Gasteiger partial charge on any atom is -0.381 e. The van der Waals surface area contributed by atoms with Crippen molar-refractivity contribution in [2.24, 2.45) is 18.9 Å². The number of nitrogen functional groups attached to an aromatic ring is 1. The highest BCUT2D eigenvalue weighted by molar-refractivity contribution is 7.89. The maximum absolute atomic E-state index is 12.3. The number of aryl methyl sites for hydroxylation is 1. The first-order valence-electron chi connectivity index (χ1n) is 6.59. The Morgan fingerprint density at radius 3 is 2.37 bits per heavy atom. The van der Waals surface area contributed by atoms with Gasteiger partial charge in [-0.3, -0.25) is 4.68 Å². The van der Waals surface area contributed by atoms with Crippen LogP contribution in [-0.4, -0.2) is 24.2 Å². The molecule has 1 aliphatic rings. The van der Waals surface area contributed by atoms with E-state index < -0.39 is 10.0 Å². The van der Waals surface area contributed by atoms with Gasteiger partial charge >= 0.3 is 0 Å². The summed E-state index contributed by atoms with van der Waals surface area (Å²) in [4.78, 5) is 0.0703. The zero-order valence-corrected chi connectivity index (χ0v) is 12.4. The third-order valence-corrected chi connectivity index (χ3v) is 5.15. The summed E-state index contributed by atoms with van der Waals surface area (Å²) < 4.78 is 28.8. The van der Waals surface area contributed by atoms with Crippen LogP contribution in [0.1, 0.15) is 33.1 Å². The minimum atomic E-state index is -3.57. The second kappa shape index (κ2) is 5.13. The molecular formula is C12H22N4O2S. The van der Waals surface area contributed by atoms with E-state index in [9.17, 15) is 8.42 Å². The summed E-state index contributed by atoms with van der Waals surface area (Å²) in [6.45, 7) is 4.32. The Morgan fingerprint density at radius 1 is 1.32 bits per heavy atom. The number of nitrogens with zero attached hydrogens (tertiary/aromatic N) is 2. The first-order chi connectivity index (χ1) is 8.78. The molecular weight excluding hydrogens is 264 g/mol. The Bertz CT molecular complexity index is 542. The lowest BCUT2D eigenvalue weighted by Gasteiger charge is -2.31. The van der Waals surface area contributed by atoms with Crippen LogP contribution in [0.2, 0.25) is 0 Å². The molecule has 1 aromatic heterocycles. The van der Waals surface area contributed by atoms with Crippen LogP contribution in [0.3, 0.4) is 0 Å². The van der Waals surface area contributed by atoms with Crippen molar-refractivity contribution in [3.63, 3.8) is 0 Å². The number of rotatable bonds is 3. The smallest absolute Gasteiger partial charge is 0.246 e. The molecule has 1 saturated carbocycles. The van der Waals surface area contributed by atoms with E-state index in [1.165, 1.54) is 10.9 Å². The lowest BCUT2D eigenvalue weighted by Crippen LogP contribution is -2.40. The number of aromatic nitrogens is 2. The number of hydrogen-bond donors (Lipinski definition) is 2. The number of hydrogen-bond acceptors (Lipinski definition) is 4. The van der Waals surface area contributed by atoms with Crippen molar-refractivity contribution in [2.45, 2.75) is 44.0 Å². The summed E-state index contributed by atoms with van der Waals surface area (Å²) in [7, 11) is -1.92. The largest absolute Gasteiger partial charge is 0.381 e. The van der Waals surface area contributed by atoms with Crippen molar-refractivity contribution < 1.29 is 8.42 Å². The van der Waals surface area contributed by atoms with E-state index in [1.807, 2.05) is 0 Å². The van der Waals surface area contributed by atoms with E-state index in [2.05, 4.69) is 23.7 Å². The van der Waals surface area contributed by atoms with Gasteiger partial charge < -0.3 is 5.73 Å². The Labute approximate surface area is 114 Å². The van der Waals surface area contributed by atoms with Crippen molar-refractivity contribution in [1.29, 1.82) is 0 Å². The standard InChI is InChI=1S/C12H22N4O2S/c1-8-4-9(2)6-10(5-8)15-19(17,18)11-7-16(3)14-12(11)13/h7-10,15H,4-6H2,1-3H3,(H2,13,14). The third-order valence-electron chi connectivity index (χ3n) is 3.61. The molecule has 6 nitrogen and oxygen atoms in total. The van der Waals surface area contributed by atoms with E-state index in [0.29, 0.717) is 11.8 Å². The number of nitrogens with two attached hydrogens (primary N) is 1. The van der Waals surface area contributed by atoms with E-state index in [-0.39, 0.29) is 16.8 Å². The topological polar surface area (TPSA) is 90.0 Å². The molecule has 0 radical (unpaired) electrons. The monoisotopic (exact) mass is 286 g/mol. The van der Waals surface area contributed by atoms with Gasteiger partial charge in [0.2, 0.25) is 10.0 Å². The van der Waals surface area contributed by atoms with Crippen LogP contribution in [-0.2, 0) is 17.1 Å². The maximum atomic E-state index is 12.3. The molecule has 7 heteroatoms. The van der Waals surface area contributed by atoms with Crippen LogP contribution in [0.4, 0.5) is 5.82 Å². The number of sulfonamides is 1. The van der Waals surface area contributed by atoms with Crippen molar-refractivity contribution in [2.75, 3.05) is 5.73 Å². The Balaban J connectivity index is 2.15. The van der Waals surface area contributed by atoms with Gasteiger partial charge in [0.25, 0.3) is 0 Å². The summed E-state index contributed by atoms with van der Waals surface area (Å²) in [5.41, 5.74) is 5.64. The summed E-state index contributed by atoms with van der Waals surface area (Å²) >= 11 is 0. The van der Waals surface area contributed by atoms with Gasteiger partial charge in [-0.05, 0) is 31.1 Å². The van der Waals surface area contributed by atoms with Gasteiger partial charge in [-0.2, -0.15) is 5.10 Å². The van der Waals surface area contributed by atoms with Crippen molar-refractivity contribution in [1.82, 2.24) is 14.5 Å². The third kappa shape index (κ3) is 3.27. The molecule has 0 spiro atoms. The number of nitrogens with one attached hydrogen (secondary N) is 1. The Morgan fingerprint density at radius 2 is 1.89 bits per heavy atom. The number of anilines is 1. The first kappa shape index (κ1) is 14.3. The quantitative estimate of drug-likeness (QED) is 0.871. The predicted octanol–water partition coefficient (Wildman–Crippen LogP) is 1.11. The van der Waals surface area contributed by atoms with Crippen LogP contribution < -0.4 is 10.5 Å². The lowest BCUT2D eigenvalue weighted by atomic mass is 9.81. The van der Waals surface area contributed by atoms with E-state index >= 15 is 0 Å². The highest BCUT2D eigenvalue weighted by Gasteiger charge is 2.29. The second-order valence-electron chi connectivity index (χ2n) is 5.79. The molecule has 1 aromatic rings. The van der Waals surface area contributed by atoms with Crippen molar-refractivity contribution in [3.05, 3.63) is 6.20 Å². The molecule has 108 valence electrons. The molecule has 0 aromatic carbocycles.